The van der Waals surface area contributed by atoms with Crippen molar-refractivity contribution in [1.82, 2.24) is 18.9 Å². The van der Waals surface area contributed by atoms with Gasteiger partial charge in [-0.1, -0.05) is 11.6 Å². The van der Waals surface area contributed by atoms with E-state index in [2.05, 4.69) is 15.3 Å². The molecule has 12 heteroatoms. The number of aromatic nitrogens is 4. The van der Waals surface area contributed by atoms with E-state index in [1.54, 1.807) is 0 Å². The largest absolute Gasteiger partial charge is 0.416 e. The van der Waals surface area contributed by atoms with Gasteiger partial charge in [0, 0.05) is 7.05 Å². The summed E-state index contributed by atoms with van der Waals surface area (Å²) < 4.78 is 40.5. The van der Waals surface area contributed by atoms with Gasteiger partial charge in [0.2, 0.25) is 11.7 Å². The van der Waals surface area contributed by atoms with E-state index in [9.17, 15) is 27.6 Å². The molecule has 0 radical (unpaired) electrons. The first kappa shape index (κ1) is 18.7. The van der Waals surface area contributed by atoms with Crippen molar-refractivity contribution in [2.75, 3.05) is 5.32 Å². The number of hydrogen-bond donors (Lipinski definition) is 2. The van der Waals surface area contributed by atoms with E-state index in [1.165, 1.54) is 13.2 Å². The molecule has 3 aromatic rings. The highest BCUT2D eigenvalue weighted by Crippen LogP contribution is 2.33. The molecule has 0 saturated carbocycles. The molecule has 1 amide bonds. The molecule has 0 bridgehead atoms. The average molecular weight is 402 g/mol. The molecule has 0 aliphatic heterocycles. The third-order valence-electron chi connectivity index (χ3n) is 3.75. The van der Waals surface area contributed by atoms with Crippen LogP contribution in [0.1, 0.15) is 11.3 Å². The fraction of sp³-hybridized carbons (Fsp3) is 0.200. The van der Waals surface area contributed by atoms with Crippen LogP contribution in [0.2, 0.25) is 5.02 Å². The van der Waals surface area contributed by atoms with E-state index >= 15 is 0 Å². The standard InChI is InChI=1S/C15H11ClF3N5O3/c1-23-12-20-6-8(24(12)14(27)22-13(23)26)5-11(25)21-10-4-7(15(17,18)19)2-3-9(10)16/h2-4,6H,5H2,1H3,(H,21,25)(H,22,26,27). The number of H-pyrrole nitrogens is 1. The number of carbonyl (C=O) groups is 1. The Bertz CT molecular complexity index is 1160. The second-order valence-corrected chi connectivity index (χ2v) is 6.00. The van der Waals surface area contributed by atoms with Gasteiger partial charge in [-0.25, -0.2) is 19.0 Å². The summed E-state index contributed by atoms with van der Waals surface area (Å²) in [4.78, 5) is 41.7. The van der Waals surface area contributed by atoms with Crippen LogP contribution in [0.25, 0.3) is 5.78 Å². The fourth-order valence-electron chi connectivity index (χ4n) is 2.44. The second-order valence-electron chi connectivity index (χ2n) is 5.60. The Hall–Kier alpha value is -3.08. The Balaban J connectivity index is 1.90. The number of amides is 1. The molecule has 0 unspecified atom stereocenters. The van der Waals surface area contributed by atoms with Gasteiger partial charge in [-0.05, 0) is 18.2 Å². The highest BCUT2D eigenvalue weighted by atomic mass is 35.5. The average Bonchev–Trinajstić information content (AvgIpc) is 2.98. The van der Waals surface area contributed by atoms with E-state index in [1.807, 2.05) is 0 Å². The SMILES string of the molecule is Cn1c(=O)[nH]c(=O)n2c(CC(=O)Nc3cc(C(F)(F)F)ccc3Cl)cnc12. The molecule has 2 heterocycles. The van der Waals surface area contributed by atoms with Crippen molar-refractivity contribution >= 4 is 29.0 Å². The van der Waals surface area contributed by atoms with Gasteiger partial charge in [0.1, 0.15) is 0 Å². The first-order valence-electron chi connectivity index (χ1n) is 7.40. The molecule has 2 aromatic heterocycles. The Labute approximate surface area is 153 Å². The van der Waals surface area contributed by atoms with Gasteiger partial charge in [-0.3, -0.25) is 14.3 Å². The van der Waals surface area contributed by atoms with Crippen LogP contribution >= 0.6 is 11.6 Å². The van der Waals surface area contributed by atoms with Crippen molar-refractivity contribution in [2.45, 2.75) is 12.6 Å². The van der Waals surface area contributed by atoms with Crippen molar-refractivity contribution in [2.24, 2.45) is 7.05 Å². The van der Waals surface area contributed by atoms with Crippen LogP contribution in [0.15, 0.2) is 34.0 Å². The summed E-state index contributed by atoms with van der Waals surface area (Å²) >= 11 is 5.84. The zero-order chi connectivity index (χ0) is 19.9. The number of imidazole rings is 1. The lowest BCUT2D eigenvalue weighted by atomic mass is 10.2. The fourth-order valence-corrected chi connectivity index (χ4v) is 2.60. The Morgan fingerprint density at radius 2 is 2.00 bits per heavy atom. The van der Waals surface area contributed by atoms with Crippen molar-refractivity contribution < 1.29 is 18.0 Å². The number of halogens is 4. The van der Waals surface area contributed by atoms with E-state index in [0.717, 1.165) is 21.1 Å². The van der Waals surface area contributed by atoms with Crippen molar-refractivity contribution in [3.8, 4) is 0 Å². The molecule has 0 fully saturated rings. The van der Waals surface area contributed by atoms with E-state index in [0.29, 0.717) is 6.07 Å². The maximum absolute atomic E-state index is 12.8. The topological polar surface area (TPSA) is 101 Å². The molecule has 0 aliphatic carbocycles. The van der Waals surface area contributed by atoms with E-state index in [4.69, 9.17) is 11.6 Å². The lowest BCUT2D eigenvalue weighted by Gasteiger charge is -2.11. The number of nitrogens with zero attached hydrogens (tertiary/aromatic N) is 3. The van der Waals surface area contributed by atoms with Crippen LogP contribution in [-0.2, 0) is 24.4 Å². The van der Waals surface area contributed by atoms with Crippen LogP contribution in [0.5, 0.6) is 0 Å². The summed E-state index contributed by atoms with van der Waals surface area (Å²) in [7, 11) is 1.38. The monoisotopic (exact) mass is 401 g/mol. The minimum Gasteiger partial charge on any atom is -0.324 e. The maximum atomic E-state index is 12.8. The lowest BCUT2D eigenvalue weighted by molar-refractivity contribution is -0.137. The molecule has 0 spiro atoms. The van der Waals surface area contributed by atoms with E-state index in [-0.39, 0.29) is 28.6 Å². The highest BCUT2D eigenvalue weighted by Gasteiger charge is 2.31. The summed E-state index contributed by atoms with van der Waals surface area (Å²) in [5.41, 5.74) is -2.51. The third-order valence-corrected chi connectivity index (χ3v) is 4.08. The van der Waals surface area contributed by atoms with Gasteiger partial charge < -0.3 is 5.32 Å². The van der Waals surface area contributed by atoms with Crippen molar-refractivity contribution in [3.63, 3.8) is 0 Å². The molecule has 0 aliphatic rings. The molecule has 3 rings (SSSR count). The molecule has 27 heavy (non-hydrogen) atoms. The van der Waals surface area contributed by atoms with E-state index < -0.39 is 29.0 Å². The highest BCUT2D eigenvalue weighted by molar-refractivity contribution is 6.33. The summed E-state index contributed by atoms with van der Waals surface area (Å²) in [6, 6.07) is 2.53. The number of fused-ring (bicyclic) bond motifs is 1. The number of anilines is 1. The van der Waals surface area contributed by atoms with Gasteiger partial charge in [0.25, 0.3) is 0 Å². The molecular formula is C15H11ClF3N5O3. The number of nitrogens with one attached hydrogen (secondary N) is 2. The summed E-state index contributed by atoms with van der Waals surface area (Å²) in [6.07, 6.45) is -3.75. The lowest BCUT2D eigenvalue weighted by Crippen LogP contribution is -2.34. The Morgan fingerprint density at radius 3 is 2.67 bits per heavy atom. The smallest absolute Gasteiger partial charge is 0.324 e. The number of aromatic amines is 1. The minimum atomic E-state index is -4.59. The number of hydrogen-bond acceptors (Lipinski definition) is 4. The van der Waals surface area contributed by atoms with Gasteiger partial charge in [0.05, 0.1) is 34.6 Å². The van der Waals surface area contributed by atoms with Crippen LogP contribution in [0.3, 0.4) is 0 Å². The predicted molar refractivity (Wildman–Crippen MR) is 89.8 cm³/mol. The first-order chi connectivity index (χ1) is 12.6. The number of aryl methyl sites for hydroxylation is 1. The third kappa shape index (κ3) is 3.58. The van der Waals surface area contributed by atoms with Gasteiger partial charge in [-0.2, -0.15) is 13.2 Å². The first-order valence-corrected chi connectivity index (χ1v) is 7.78. The minimum absolute atomic E-state index is 0.0173. The molecule has 2 N–H and O–H groups in total. The second kappa shape index (κ2) is 6.58. The number of carbonyl (C=O) groups excluding carboxylic acids is 1. The molecule has 0 saturated heterocycles. The summed E-state index contributed by atoms with van der Waals surface area (Å²) in [5.74, 6) is -0.699. The van der Waals surface area contributed by atoms with Gasteiger partial charge in [-0.15, -0.1) is 0 Å². The van der Waals surface area contributed by atoms with Crippen LogP contribution in [-0.4, -0.2) is 24.8 Å². The summed E-state index contributed by atoms with van der Waals surface area (Å²) in [5, 5.41) is 2.20. The van der Waals surface area contributed by atoms with Crippen LogP contribution in [0.4, 0.5) is 18.9 Å². The van der Waals surface area contributed by atoms with Gasteiger partial charge >= 0.3 is 17.6 Å². The molecule has 1 aromatic carbocycles. The number of benzene rings is 1. The maximum Gasteiger partial charge on any atom is 0.416 e. The molecule has 142 valence electrons. The molecule has 0 atom stereocenters. The quantitative estimate of drug-likeness (QED) is 0.695. The van der Waals surface area contributed by atoms with Crippen molar-refractivity contribution in [3.05, 3.63) is 61.6 Å². The van der Waals surface area contributed by atoms with Crippen LogP contribution < -0.4 is 16.7 Å². The molecular weight excluding hydrogens is 391 g/mol. The Kier molecular flexibility index (Phi) is 4.56. The Morgan fingerprint density at radius 1 is 1.30 bits per heavy atom. The normalized spacial score (nSPS) is 11.7. The van der Waals surface area contributed by atoms with Crippen LogP contribution in [0, 0.1) is 0 Å². The zero-order valence-corrected chi connectivity index (χ0v) is 14.4. The molecule has 8 nitrogen and oxygen atoms in total. The van der Waals surface area contributed by atoms with Crippen molar-refractivity contribution in [1.29, 1.82) is 0 Å². The van der Waals surface area contributed by atoms with Gasteiger partial charge in [0.15, 0.2) is 0 Å². The summed E-state index contributed by atoms with van der Waals surface area (Å²) in [6.45, 7) is 0. The number of alkyl halides is 3. The number of rotatable bonds is 3. The predicted octanol–water partition coefficient (Wildman–Crippen LogP) is 1.57. The zero-order valence-electron chi connectivity index (χ0n) is 13.6.